The molecule has 142 valence electrons. The largest absolute Gasteiger partial charge is 0.381 e. The number of fused-ring (bicyclic) bond motifs is 1. The van der Waals surface area contributed by atoms with Crippen LogP contribution in [0.1, 0.15) is 35.1 Å². The number of anilines is 1. The number of rotatable bonds is 6. The van der Waals surface area contributed by atoms with Crippen LogP contribution in [-0.4, -0.2) is 44.9 Å². The zero-order chi connectivity index (χ0) is 18.6. The smallest absolute Gasteiger partial charge is 0.255 e. The summed E-state index contributed by atoms with van der Waals surface area (Å²) in [5.74, 6) is -0.168. The molecule has 0 atom stereocenters. The van der Waals surface area contributed by atoms with E-state index in [0.717, 1.165) is 54.3 Å². The van der Waals surface area contributed by atoms with Crippen molar-refractivity contribution in [2.75, 3.05) is 18.5 Å². The molecule has 9 heteroatoms. The summed E-state index contributed by atoms with van der Waals surface area (Å²) in [6, 6.07) is 0.264. The molecule has 2 N–H and O–H groups in total. The Kier molecular flexibility index (Phi) is 5.30. The van der Waals surface area contributed by atoms with Gasteiger partial charge in [-0.25, -0.2) is 14.6 Å². The maximum Gasteiger partial charge on any atom is 0.255 e. The third-order valence-corrected chi connectivity index (χ3v) is 5.44. The lowest BCUT2D eigenvalue weighted by molar-refractivity contribution is 0.0904. The fourth-order valence-electron chi connectivity index (χ4n) is 3.22. The minimum absolute atomic E-state index is 0.168. The van der Waals surface area contributed by atoms with E-state index in [0.29, 0.717) is 12.1 Å². The van der Waals surface area contributed by atoms with Crippen LogP contribution >= 0.6 is 11.3 Å². The summed E-state index contributed by atoms with van der Waals surface area (Å²) in [4.78, 5) is 21.6. The van der Waals surface area contributed by atoms with Crippen molar-refractivity contribution in [3.63, 3.8) is 0 Å². The third kappa shape index (κ3) is 3.79. The summed E-state index contributed by atoms with van der Waals surface area (Å²) < 4.78 is 7.29. The first-order valence-electron chi connectivity index (χ1n) is 9.11. The SMILES string of the molecule is CCn1ncc2c(NC3CCOCC3)c(C(=O)NCc3nccs3)cnc21. The topological polar surface area (TPSA) is 94.0 Å². The highest BCUT2D eigenvalue weighted by atomic mass is 32.1. The molecule has 8 nitrogen and oxygen atoms in total. The van der Waals surface area contributed by atoms with Gasteiger partial charge in [-0.05, 0) is 19.8 Å². The quantitative estimate of drug-likeness (QED) is 0.676. The second-order valence-corrected chi connectivity index (χ2v) is 7.36. The normalized spacial score (nSPS) is 15.1. The van der Waals surface area contributed by atoms with Crippen LogP contribution in [0.4, 0.5) is 5.69 Å². The van der Waals surface area contributed by atoms with Gasteiger partial charge in [0.2, 0.25) is 0 Å². The van der Waals surface area contributed by atoms with E-state index in [1.165, 1.54) is 11.3 Å². The van der Waals surface area contributed by atoms with Crippen LogP contribution in [0.3, 0.4) is 0 Å². The summed E-state index contributed by atoms with van der Waals surface area (Å²) in [5.41, 5.74) is 2.10. The number of aryl methyl sites for hydroxylation is 1. The Morgan fingerprint density at radius 3 is 2.93 bits per heavy atom. The van der Waals surface area contributed by atoms with E-state index in [9.17, 15) is 4.79 Å². The minimum Gasteiger partial charge on any atom is -0.381 e. The molecule has 3 aromatic rings. The first kappa shape index (κ1) is 17.9. The molecule has 1 amide bonds. The number of carbonyl (C=O) groups is 1. The number of thiazole rings is 1. The summed E-state index contributed by atoms with van der Waals surface area (Å²) in [6.45, 7) is 4.61. The Bertz CT molecular complexity index is 917. The van der Waals surface area contributed by atoms with Gasteiger partial charge < -0.3 is 15.4 Å². The third-order valence-electron chi connectivity index (χ3n) is 4.66. The summed E-state index contributed by atoms with van der Waals surface area (Å²) in [7, 11) is 0. The van der Waals surface area contributed by atoms with E-state index < -0.39 is 0 Å². The Hall–Kier alpha value is -2.52. The van der Waals surface area contributed by atoms with Crippen LogP contribution in [0, 0.1) is 0 Å². The lowest BCUT2D eigenvalue weighted by atomic mass is 10.1. The van der Waals surface area contributed by atoms with E-state index in [4.69, 9.17) is 4.74 Å². The molecular formula is C18H22N6O2S. The van der Waals surface area contributed by atoms with Crippen LogP contribution in [0.25, 0.3) is 11.0 Å². The number of carbonyl (C=O) groups excluding carboxylic acids is 1. The zero-order valence-electron chi connectivity index (χ0n) is 15.1. The molecule has 0 unspecified atom stereocenters. The number of hydrogen-bond donors (Lipinski definition) is 2. The highest BCUT2D eigenvalue weighted by Crippen LogP contribution is 2.28. The molecule has 0 spiro atoms. The van der Waals surface area contributed by atoms with Crippen molar-refractivity contribution in [1.82, 2.24) is 25.1 Å². The molecule has 4 heterocycles. The molecule has 1 saturated heterocycles. The molecule has 4 rings (SSSR count). The Morgan fingerprint density at radius 1 is 1.33 bits per heavy atom. The highest BCUT2D eigenvalue weighted by Gasteiger charge is 2.22. The van der Waals surface area contributed by atoms with Gasteiger partial charge in [-0.3, -0.25) is 4.79 Å². The summed E-state index contributed by atoms with van der Waals surface area (Å²) >= 11 is 1.52. The minimum atomic E-state index is -0.168. The van der Waals surface area contributed by atoms with Gasteiger partial charge in [0.1, 0.15) is 5.01 Å². The number of hydrogen-bond acceptors (Lipinski definition) is 7. The van der Waals surface area contributed by atoms with Gasteiger partial charge in [-0.1, -0.05) is 0 Å². The van der Waals surface area contributed by atoms with Crippen LogP contribution in [0.15, 0.2) is 24.0 Å². The number of nitrogens with zero attached hydrogens (tertiary/aromatic N) is 4. The fraction of sp³-hybridized carbons (Fsp3) is 0.444. The predicted molar refractivity (Wildman–Crippen MR) is 104 cm³/mol. The van der Waals surface area contributed by atoms with Gasteiger partial charge in [0.15, 0.2) is 5.65 Å². The maximum absolute atomic E-state index is 12.9. The molecule has 0 bridgehead atoms. The fourth-order valence-corrected chi connectivity index (χ4v) is 3.78. The molecule has 1 aliphatic rings. The average molecular weight is 386 g/mol. The molecule has 0 aliphatic carbocycles. The Morgan fingerprint density at radius 2 is 2.19 bits per heavy atom. The van der Waals surface area contributed by atoms with Crippen molar-refractivity contribution in [1.29, 1.82) is 0 Å². The number of nitrogens with one attached hydrogen (secondary N) is 2. The molecule has 1 fully saturated rings. The Balaban J connectivity index is 1.65. The van der Waals surface area contributed by atoms with Gasteiger partial charge >= 0.3 is 0 Å². The number of amides is 1. The van der Waals surface area contributed by atoms with E-state index in [-0.39, 0.29) is 11.9 Å². The van der Waals surface area contributed by atoms with Gasteiger partial charge in [0.25, 0.3) is 5.91 Å². The van der Waals surface area contributed by atoms with Gasteiger partial charge in [0.05, 0.1) is 29.4 Å². The van der Waals surface area contributed by atoms with E-state index in [1.807, 2.05) is 17.0 Å². The van der Waals surface area contributed by atoms with E-state index >= 15 is 0 Å². The van der Waals surface area contributed by atoms with E-state index in [1.54, 1.807) is 18.6 Å². The van der Waals surface area contributed by atoms with Crippen LogP contribution in [0.5, 0.6) is 0 Å². The molecule has 27 heavy (non-hydrogen) atoms. The van der Waals surface area contributed by atoms with Crippen molar-refractivity contribution in [2.24, 2.45) is 0 Å². The number of ether oxygens (including phenoxy) is 1. The highest BCUT2D eigenvalue weighted by molar-refractivity contribution is 7.09. The summed E-state index contributed by atoms with van der Waals surface area (Å²) in [5, 5.41) is 14.5. The lowest BCUT2D eigenvalue weighted by Crippen LogP contribution is -2.30. The van der Waals surface area contributed by atoms with Gasteiger partial charge in [0, 0.05) is 43.6 Å². The predicted octanol–water partition coefficient (Wildman–Crippen LogP) is 2.43. The number of pyridine rings is 1. The van der Waals surface area contributed by atoms with Crippen LogP contribution in [-0.2, 0) is 17.8 Å². The second kappa shape index (κ2) is 8.01. The first-order valence-corrected chi connectivity index (χ1v) is 9.99. The molecule has 0 aromatic carbocycles. The molecule has 0 saturated carbocycles. The second-order valence-electron chi connectivity index (χ2n) is 6.38. The van der Waals surface area contributed by atoms with Crippen molar-refractivity contribution >= 4 is 34.0 Å². The lowest BCUT2D eigenvalue weighted by Gasteiger charge is -2.25. The summed E-state index contributed by atoms with van der Waals surface area (Å²) in [6.07, 6.45) is 6.97. The number of aromatic nitrogens is 4. The maximum atomic E-state index is 12.9. The van der Waals surface area contributed by atoms with Crippen molar-refractivity contribution in [2.45, 2.75) is 38.9 Å². The standard InChI is InChI=1S/C18H22N6O2S/c1-2-24-17-13(10-22-24)16(23-12-3-6-26-7-4-12)14(9-20-17)18(25)21-11-15-19-5-8-27-15/h5,8-10,12H,2-4,6-7,11H2,1H3,(H,20,23)(H,21,25). The van der Waals surface area contributed by atoms with E-state index in [2.05, 4.69) is 25.7 Å². The van der Waals surface area contributed by atoms with Crippen molar-refractivity contribution in [3.05, 3.63) is 34.5 Å². The molecular weight excluding hydrogens is 364 g/mol. The van der Waals surface area contributed by atoms with Gasteiger partial charge in [-0.15, -0.1) is 11.3 Å². The van der Waals surface area contributed by atoms with Crippen molar-refractivity contribution in [3.8, 4) is 0 Å². The first-order chi connectivity index (χ1) is 13.3. The molecule has 3 aromatic heterocycles. The zero-order valence-corrected chi connectivity index (χ0v) is 16.0. The molecule has 0 radical (unpaired) electrons. The average Bonchev–Trinajstić information content (AvgIpc) is 3.37. The van der Waals surface area contributed by atoms with Crippen LogP contribution in [0.2, 0.25) is 0 Å². The Labute approximate surface area is 161 Å². The van der Waals surface area contributed by atoms with Gasteiger partial charge in [-0.2, -0.15) is 5.10 Å². The molecule has 1 aliphatic heterocycles. The monoisotopic (exact) mass is 386 g/mol. The van der Waals surface area contributed by atoms with Crippen LogP contribution < -0.4 is 10.6 Å². The van der Waals surface area contributed by atoms with Crippen molar-refractivity contribution < 1.29 is 9.53 Å².